The average Bonchev–Trinajstić information content (AvgIpc) is 3.16. The highest BCUT2D eigenvalue weighted by Crippen LogP contribution is 2.27. The van der Waals surface area contributed by atoms with Crippen molar-refractivity contribution in [2.75, 3.05) is 7.11 Å². The molecule has 2 aromatic carbocycles. The van der Waals surface area contributed by atoms with Crippen LogP contribution in [0.15, 0.2) is 53.9 Å². The Bertz CT molecular complexity index is 925. The first-order valence-electron chi connectivity index (χ1n) is 8.91. The summed E-state index contributed by atoms with van der Waals surface area (Å²) in [5.74, 6) is 0.842. The smallest absolute Gasteiger partial charge is 0.123 e. The maximum absolute atomic E-state index is 8.95. The van der Waals surface area contributed by atoms with E-state index in [0.29, 0.717) is 11.6 Å². The molecule has 0 aliphatic heterocycles. The van der Waals surface area contributed by atoms with Crippen LogP contribution in [0.25, 0.3) is 10.6 Å². The Hall–Kier alpha value is -2.68. The summed E-state index contributed by atoms with van der Waals surface area (Å²) in [4.78, 5) is 7.21. The van der Waals surface area contributed by atoms with Crippen LogP contribution in [-0.4, -0.2) is 23.0 Å². The summed E-state index contributed by atoms with van der Waals surface area (Å²) in [6.07, 6.45) is 0. The predicted molar refractivity (Wildman–Crippen MR) is 110 cm³/mol. The van der Waals surface area contributed by atoms with E-state index in [1.807, 2.05) is 42.5 Å². The van der Waals surface area contributed by atoms with Gasteiger partial charge in [0.1, 0.15) is 10.8 Å². The Morgan fingerprint density at radius 1 is 1.15 bits per heavy atom. The number of hydrogen-bond donors (Lipinski definition) is 0. The monoisotopic (exact) mass is 377 g/mol. The van der Waals surface area contributed by atoms with Crippen molar-refractivity contribution < 1.29 is 4.74 Å². The van der Waals surface area contributed by atoms with Crippen LogP contribution in [0.3, 0.4) is 0 Å². The summed E-state index contributed by atoms with van der Waals surface area (Å²) in [5.41, 5.74) is 4.04. The number of nitrogens with zero attached hydrogens (tertiary/aromatic N) is 3. The number of methoxy groups -OCH3 is 1. The zero-order valence-corrected chi connectivity index (χ0v) is 16.7. The van der Waals surface area contributed by atoms with Crippen molar-refractivity contribution in [2.45, 2.75) is 33.0 Å². The van der Waals surface area contributed by atoms with Gasteiger partial charge >= 0.3 is 0 Å². The molecule has 1 aromatic heterocycles. The van der Waals surface area contributed by atoms with Crippen LogP contribution in [0.5, 0.6) is 5.75 Å². The van der Waals surface area contributed by atoms with E-state index in [0.717, 1.165) is 35.1 Å². The summed E-state index contributed by atoms with van der Waals surface area (Å²) >= 11 is 1.66. The first-order valence-corrected chi connectivity index (χ1v) is 9.79. The highest BCUT2D eigenvalue weighted by Gasteiger charge is 2.14. The molecule has 0 N–H and O–H groups in total. The second kappa shape index (κ2) is 8.81. The second-order valence-electron chi connectivity index (χ2n) is 6.68. The predicted octanol–water partition coefficient (Wildman–Crippen LogP) is 5.10. The van der Waals surface area contributed by atoms with Gasteiger partial charge in [-0.2, -0.15) is 5.26 Å². The molecule has 0 atom stereocenters. The molecule has 4 nitrogen and oxygen atoms in total. The second-order valence-corrected chi connectivity index (χ2v) is 7.54. The standard InChI is InChI=1S/C22H23N3OS/c1-16(2)25(13-18-9-7-17(12-23)8-10-18)14-20-15-27-22(24-20)19-5-4-6-21(11-19)26-3/h4-11,15-16H,13-14H2,1-3H3. The number of hydrogen-bond acceptors (Lipinski definition) is 5. The molecule has 0 radical (unpaired) electrons. The lowest BCUT2D eigenvalue weighted by atomic mass is 10.1. The van der Waals surface area contributed by atoms with E-state index in [1.165, 1.54) is 5.56 Å². The molecule has 3 aromatic rings. The van der Waals surface area contributed by atoms with Gasteiger partial charge in [-0.25, -0.2) is 4.98 Å². The van der Waals surface area contributed by atoms with E-state index in [1.54, 1.807) is 18.4 Å². The third kappa shape index (κ3) is 4.94. The molecule has 0 amide bonds. The molecule has 0 saturated heterocycles. The normalized spacial score (nSPS) is 11.0. The zero-order chi connectivity index (χ0) is 19.2. The van der Waals surface area contributed by atoms with Crippen molar-refractivity contribution in [3.63, 3.8) is 0 Å². The van der Waals surface area contributed by atoms with E-state index in [2.05, 4.69) is 36.3 Å². The minimum absolute atomic E-state index is 0.391. The molecule has 0 aliphatic carbocycles. The van der Waals surface area contributed by atoms with Crippen molar-refractivity contribution in [2.24, 2.45) is 0 Å². The molecule has 0 saturated carbocycles. The molecule has 0 aliphatic rings. The van der Waals surface area contributed by atoms with Gasteiger partial charge < -0.3 is 4.74 Å². The third-order valence-corrected chi connectivity index (χ3v) is 5.37. The highest BCUT2D eigenvalue weighted by atomic mass is 32.1. The Kier molecular flexibility index (Phi) is 6.23. The minimum atomic E-state index is 0.391. The SMILES string of the molecule is COc1cccc(-c2nc(CN(Cc3ccc(C#N)cc3)C(C)C)cs2)c1. The van der Waals surface area contributed by atoms with Crippen molar-refractivity contribution in [3.05, 3.63) is 70.7 Å². The van der Waals surface area contributed by atoms with Crippen molar-refractivity contribution in [3.8, 4) is 22.4 Å². The Balaban J connectivity index is 1.73. The lowest BCUT2D eigenvalue weighted by molar-refractivity contribution is 0.201. The minimum Gasteiger partial charge on any atom is -0.497 e. The van der Waals surface area contributed by atoms with Gasteiger partial charge in [-0.3, -0.25) is 4.90 Å². The molecule has 138 valence electrons. The van der Waals surface area contributed by atoms with Gasteiger partial charge in [-0.05, 0) is 43.7 Å². The molecule has 1 heterocycles. The van der Waals surface area contributed by atoms with Gasteiger partial charge in [-0.15, -0.1) is 11.3 Å². The highest BCUT2D eigenvalue weighted by molar-refractivity contribution is 7.13. The third-order valence-electron chi connectivity index (χ3n) is 4.43. The first kappa shape index (κ1) is 19.1. The Morgan fingerprint density at radius 3 is 2.59 bits per heavy atom. The van der Waals surface area contributed by atoms with E-state index in [-0.39, 0.29) is 0 Å². The van der Waals surface area contributed by atoms with Crippen LogP contribution in [0.2, 0.25) is 0 Å². The van der Waals surface area contributed by atoms with E-state index < -0.39 is 0 Å². The van der Waals surface area contributed by atoms with Gasteiger partial charge in [0.05, 0.1) is 24.4 Å². The molecule has 0 bridgehead atoms. The first-order chi connectivity index (χ1) is 13.1. The topological polar surface area (TPSA) is 49.1 Å². The van der Waals surface area contributed by atoms with Gasteiger partial charge in [0.15, 0.2) is 0 Å². The molecular formula is C22H23N3OS. The molecule has 0 fully saturated rings. The van der Waals surface area contributed by atoms with Gasteiger partial charge in [0.2, 0.25) is 0 Å². The number of aromatic nitrogens is 1. The van der Waals surface area contributed by atoms with Crippen LogP contribution in [0.1, 0.15) is 30.7 Å². The van der Waals surface area contributed by atoms with Crippen LogP contribution < -0.4 is 4.74 Å². The lowest BCUT2D eigenvalue weighted by Crippen LogP contribution is -2.29. The number of rotatable bonds is 7. The maximum atomic E-state index is 8.95. The maximum Gasteiger partial charge on any atom is 0.123 e. The summed E-state index contributed by atoms with van der Waals surface area (Å²) in [6, 6.07) is 18.3. The molecule has 3 rings (SSSR count). The van der Waals surface area contributed by atoms with Gasteiger partial charge in [0.25, 0.3) is 0 Å². The van der Waals surface area contributed by atoms with Crippen LogP contribution in [0, 0.1) is 11.3 Å². The molecule has 5 heteroatoms. The molecule has 0 spiro atoms. The van der Waals surface area contributed by atoms with Gasteiger partial charge in [-0.1, -0.05) is 24.3 Å². The van der Waals surface area contributed by atoms with Crippen molar-refractivity contribution in [1.82, 2.24) is 9.88 Å². The fourth-order valence-corrected chi connectivity index (χ4v) is 3.62. The number of benzene rings is 2. The Morgan fingerprint density at radius 2 is 1.93 bits per heavy atom. The van der Waals surface area contributed by atoms with E-state index in [9.17, 15) is 0 Å². The van der Waals surface area contributed by atoms with Crippen LogP contribution in [-0.2, 0) is 13.1 Å². The largest absolute Gasteiger partial charge is 0.497 e. The zero-order valence-electron chi connectivity index (χ0n) is 15.8. The van der Waals surface area contributed by atoms with Crippen molar-refractivity contribution in [1.29, 1.82) is 5.26 Å². The Labute approximate surface area is 164 Å². The molecular weight excluding hydrogens is 354 g/mol. The lowest BCUT2D eigenvalue weighted by Gasteiger charge is -2.25. The summed E-state index contributed by atoms with van der Waals surface area (Å²) in [6.45, 7) is 6.01. The number of ether oxygens (including phenoxy) is 1. The average molecular weight is 378 g/mol. The number of thiazole rings is 1. The number of nitriles is 1. The summed E-state index contributed by atoms with van der Waals surface area (Å²) < 4.78 is 5.31. The van der Waals surface area contributed by atoms with Crippen molar-refractivity contribution >= 4 is 11.3 Å². The molecule has 0 unspecified atom stereocenters. The summed E-state index contributed by atoms with van der Waals surface area (Å²) in [7, 11) is 1.68. The quantitative estimate of drug-likeness (QED) is 0.575. The molecule has 27 heavy (non-hydrogen) atoms. The fraction of sp³-hybridized carbons (Fsp3) is 0.273. The fourth-order valence-electron chi connectivity index (χ4n) is 2.82. The van der Waals surface area contributed by atoms with Crippen LogP contribution in [0.4, 0.5) is 0 Å². The van der Waals surface area contributed by atoms with Gasteiger partial charge in [0, 0.05) is 30.1 Å². The van der Waals surface area contributed by atoms with E-state index >= 15 is 0 Å². The van der Waals surface area contributed by atoms with E-state index in [4.69, 9.17) is 15.0 Å². The van der Waals surface area contributed by atoms with Crippen LogP contribution >= 0.6 is 11.3 Å². The summed E-state index contributed by atoms with van der Waals surface area (Å²) in [5, 5.41) is 12.1.